The maximum atomic E-state index is 13.6. The third kappa shape index (κ3) is 3.87. The van der Waals surface area contributed by atoms with Gasteiger partial charge in [-0.25, -0.2) is 9.97 Å². The molecule has 1 aliphatic rings. The molecule has 1 aliphatic carbocycles. The first-order valence-electron chi connectivity index (χ1n) is 10.3. The number of anilines is 1. The number of ether oxygens (including phenoxy) is 1. The number of nitrogens with two attached hydrogens (primary N) is 1. The fourth-order valence-electron chi connectivity index (χ4n) is 4.09. The van der Waals surface area contributed by atoms with Crippen molar-refractivity contribution in [2.45, 2.75) is 64.7 Å². The predicted octanol–water partition coefficient (Wildman–Crippen LogP) is 3.01. The predicted molar refractivity (Wildman–Crippen MR) is 115 cm³/mol. The largest absolute Gasteiger partial charge is 0.475 e. The van der Waals surface area contributed by atoms with E-state index in [-0.39, 0.29) is 29.8 Å². The van der Waals surface area contributed by atoms with Gasteiger partial charge in [-0.15, -0.1) is 0 Å². The Morgan fingerprint density at radius 1 is 1.20 bits per heavy atom. The van der Waals surface area contributed by atoms with Gasteiger partial charge in [-0.05, 0) is 58.6 Å². The van der Waals surface area contributed by atoms with Crippen LogP contribution in [0.4, 0.5) is 5.95 Å². The van der Waals surface area contributed by atoms with Crippen molar-refractivity contribution in [3.63, 3.8) is 0 Å². The lowest BCUT2D eigenvalue weighted by atomic mass is 9.92. The summed E-state index contributed by atoms with van der Waals surface area (Å²) in [7, 11) is 0. The number of rotatable bonds is 4. The minimum Gasteiger partial charge on any atom is -0.475 e. The number of aromatic nitrogens is 4. The Bertz CT molecular complexity index is 1120. The van der Waals surface area contributed by atoms with E-state index in [1.54, 1.807) is 16.8 Å². The van der Waals surface area contributed by atoms with Gasteiger partial charge in [0.25, 0.3) is 5.56 Å². The Hall–Kier alpha value is -3.00. The zero-order valence-corrected chi connectivity index (χ0v) is 17.5. The zero-order chi connectivity index (χ0) is 21.4. The Balaban J connectivity index is 1.89. The molecule has 0 atom stereocenters. The van der Waals surface area contributed by atoms with E-state index in [0.717, 1.165) is 11.1 Å². The first-order valence-corrected chi connectivity index (χ1v) is 10.3. The molecular weight excluding hydrogens is 382 g/mol. The van der Waals surface area contributed by atoms with Gasteiger partial charge in [-0.2, -0.15) is 4.98 Å². The summed E-state index contributed by atoms with van der Waals surface area (Å²) in [5.74, 6) is 0.664. The summed E-state index contributed by atoms with van der Waals surface area (Å²) in [6.07, 6.45) is 4.10. The fraction of sp³-hybridized carbons (Fsp3) is 0.455. The lowest BCUT2D eigenvalue weighted by molar-refractivity contribution is 0.111. The van der Waals surface area contributed by atoms with Gasteiger partial charge >= 0.3 is 0 Å². The number of pyridine rings is 2. The molecule has 0 aliphatic heterocycles. The van der Waals surface area contributed by atoms with Crippen LogP contribution in [-0.4, -0.2) is 36.8 Å². The van der Waals surface area contributed by atoms with E-state index in [1.807, 2.05) is 32.9 Å². The van der Waals surface area contributed by atoms with Crippen molar-refractivity contribution >= 4 is 17.0 Å². The third-order valence-electron chi connectivity index (χ3n) is 5.53. The molecule has 0 radical (unpaired) electrons. The summed E-state index contributed by atoms with van der Waals surface area (Å²) < 4.78 is 7.35. The van der Waals surface area contributed by atoms with Gasteiger partial charge in [0, 0.05) is 34.8 Å². The smallest absolute Gasteiger partial charge is 0.260 e. The zero-order valence-electron chi connectivity index (χ0n) is 17.5. The van der Waals surface area contributed by atoms with Crippen LogP contribution in [0.2, 0.25) is 0 Å². The number of hydrogen-bond acceptors (Lipinski definition) is 7. The molecule has 0 amide bonds. The van der Waals surface area contributed by atoms with Gasteiger partial charge in [0.05, 0.1) is 17.9 Å². The van der Waals surface area contributed by atoms with Gasteiger partial charge in [-0.3, -0.25) is 9.36 Å². The van der Waals surface area contributed by atoms with Crippen molar-refractivity contribution < 1.29 is 9.84 Å². The van der Waals surface area contributed by atoms with Crippen molar-refractivity contribution in [1.29, 1.82) is 0 Å². The standard InChI is InChI=1S/C22H27N5O3/c1-12(2)30-19-9-4-14(11-24-19)18-10-17-13(3)25-22(23)26-20(17)27(21(18)29)15-5-7-16(28)8-6-15/h4,9-12,15-16,28H,5-8H2,1-3H3,(H2,23,25,26)/t15-,16-. The molecule has 4 rings (SSSR count). The lowest BCUT2D eigenvalue weighted by Crippen LogP contribution is -2.31. The van der Waals surface area contributed by atoms with E-state index in [0.29, 0.717) is 48.3 Å². The van der Waals surface area contributed by atoms with Gasteiger partial charge in [0.2, 0.25) is 11.8 Å². The van der Waals surface area contributed by atoms with Crippen molar-refractivity contribution in [3.05, 3.63) is 40.4 Å². The second-order valence-electron chi connectivity index (χ2n) is 8.15. The molecule has 0 aromatic carbocycles. The highest BCUT2D eigenvalue weighted by molar-refractivity contribution is 5.84. The maximum Gasteiger partial charge on any atom is 0.260 e. The van der Waals surface area contributed by atoms with Crippen molar-refractivity contribution in [2.24, 2.45) is 0 Å². The Morgan fingerprint density at radius 3 is 2.57 bits per heavy atom. The number of fused-ring (bicyclic) bond motifs is 1. The van der Waals surface area contributed by atoms with Crippen molar-refractivity contribution in [3.8, 4) is 17.0 Å². The van der Waals surface area contributed by atoms with E-state index in [4.69, 9.17) is 10.5 Å². The highest BCUT2D eigenvalue weighted by atomic mass is 16.5. The molecule has 0 saturated heterocycles. The minimum absolute atomic E-state index is 0.0214. The second kappa shape index (κ2) is 8.02. The van der Waals surface area contributed by atoms with Crippen LogP contribution >= 0.6 is 0 Å². The maximum absolute atomic E-state index is 13.6. The summed E-state index contributed by atoms with van der Waals surface area (Å²) in [5.41, 5.74) is 8.27. The molecule has 30 heavy (non-hydrogen) atoms. The highest BCUT2D eigenvalue weighted by Gasteiger charge is 2.25. The van der Waals surface area contributed by atoms with Crippen LogP contribution in [0.15, 0.2) is 29.2 Å². The monoisotopic (exact) mass is 409 g/mol. The number of aryl methyl sites for hydroxylation is 1. The van der Waals surface area contributed by atoms with Crippen LogP contribution in [0, 0.1) is 6.92 Å². The van der Waals surface area contributed by atoms with E-state index in [1.165, 1.54) is 0 Å². The van der Waals surface area contributed by atoms with E-state index < -0.39 is 0 Å². The van der Waals surface area contributed by atoms with Crippen LogP contribution in [0.3, 0.4) is 0 Å². The molecule has 8 nitrogen and oxygen atoms in total. The summed E-state index contributed by atoms with van der Waals surface area (Å²) in [4.78, 5) is 26.6. The molecule has 1 saturated carbocycles. The van der Waals surface area contributed by atoms with Crippen LogP contribution in [0.25, 0.3) is 22.2 Å². The Morgan fingerprint density at radius 2 is 1.93 bits per heavy atom. The topological polar surface area (TPSA) is 116 Å². The SMILES string of the molecule is Cc1nc(N)nc2c1cc(-c1ccc(OC(C)C)nc1)c(=O)n2[C@H]1CC[C@H](O)CC1. The quantitative estimate of drug-likeness (QED) is 0.680. The lowest BCUT2D eigenvalue weighted by Gasteiger charge is -2.28. The number of aliphatic hydroxyl groups is 1. The molecule has 0 spiro atoms. The Labute approximate surface area is 174 Å². The van der Waals surface area contributed by atoms with Gasteiger partial charge in [0.15, 0.2) is 0 Å². The summed E-state index contributed by atoms with van der Waals surface area (Å²) in [5, 5.41) is 10.7. The molecule has 3 N–H and O–H groups in total. The Kier molecular flexibility index (Phi) is 5.42. The average molecular weight is 409 g/mol. The molecule has 0 bridgehead atoms. The first kappa shape index (κ1) is 20.3. The number of hydrogen-bond donors (Lipinski definition) is 2. The van der Waals surface area contributed by atoms with Gasteiger partial charge < -0.3 is 15.6 Å². The van der Waals surface area contributed by atoms with E-state index in [9.17, 15) is 9.90 Å². The van der Waals surface area contributed by atoms with Gasteiger partial charge in [0.1, 0.15) is 5.65 Å². The average Bonchev–Trinajstić information content (AvgIpc) is 2.69. The molecular formula is C22H27N5O3. The molecule has 3 heterocycles. The van der Waals surface area contributed by atoms with E-state index in [2.05, 4.69) is 15.0 Å². The number of aliphatic hydroxyl groups excluding tert-OH is 1. The summed E-state index contributed by atoms with van der Waals surface area (Å²) >= 11 is 0. The van der Waals surface area contributed by atoms with E-state index >= 15 is 0 Å². The molecule has 1 fully saturated rings. The normalized spacial score (nSPS) is 19.4. The molecule has 158 valence electrons. The molecule has 3 aromatic heterocycles. The second-order valence-corrected chi connectivity index (χ2v) is 8.15. The van der Waals surface area contributed by atoms with Crippen LogP contribution in [-0.2, 0) is 0 Å². The third-order valence-corrected chi connectivity index (χ3v) is 5.53. The highest BCUT2D eigenvalue weighted by Crippen LogP contribution is 2.32. The van der Waals surface area contributed by atoms with Crippen LogP contribution in [0.1, 0.15) is 51.3 Å². The molecule has 0 unspecified atom stereocenters. The summed E-state index contributed by atoms with van der Waals surface area (Å²) in [6, 6.07) is 5.39. The fourth-order valence-corrected chi connectivity index (χ4v) is 4.09. The van der Waals surface area contributed by atoms with Crippen LogP contribution in [0.5, 0.6) is 5.88 Å². The summed E-state index contributed by atoms with van der Waals surface area (Å²) in [6.45, 7) is 5.74. The molecule has 8 heteroatoms. The first-order chi connectivity index (χ1) is 14.3. The number of nitrogens with zero attached hydrogens (tertiary/aromatic N) is 4. The molecule has 3 aromatic rings. The van der Waals surface area contributed by atoms with Crippen LogP contribution < -0.4 is 16.0 Å². The minimum atomic E-state index is -0.314. The van der Waals surface area contributed by atoms with Crippen molar-refractivity contribution in [2.75, 3.05) is 5.73 Å². The number of nitrogen functional groups attached to an aromatic ring is 1. The van der Waals surface area contributed by atoms with Gasteiger partial charge in [-0.1, -0.05) is 0 Å². The van der Waals surface area contributed by atoms with Crippen molar-refractivity contribution in [1.82, 2.24) is 19.5 Å².